The van der Waals surface area contributed by atoms with Crippen LogP contribution >= 0.6 is 0 Å². The van der Waals surface area contributed by atoms with Crippen molar-refractivity contribution in [3.63, 3.8) is 0 Å². The molecule has 16 heavy (non-hydrogen) atoms. The lowest BCUT2D eigenvalue weighted by Crippen LogP contribution is -2.07. The summed E-state index contributed by atoms with van der Waals surface area (Å²) in [5, 5.41) is 0.703. The SMILES string of the molecule is Nc1ccc(OCC(F)F)c2ncccc12. The summed E-state index contributed by atoms with van der Waals surface area (Å²) in [6, 6.07) is 6.67. The zero-order valence-corrected chi connectivity index (χ0v) is 8.36. The van der Waals surface area contributed by atoms with Crippen LogP contribution in [-0.4, -0.2) is 18.0 Å². The second-order valence-electron chi connectivity index (χ2n) is 3.25. The van der Waals surface area contributed by atoms with Gasteiger partial charge in [-0.25, -0.2) is 8.78 Å². The zero-order valence-electron chi connectivity index (χ0n) is 8.36. The molecule has 0 atom stereocenters. The molecule has 1 aromatic heterocycles. The minimum absolute atomic E-state index is 0.324. The Labute approximate surface area is 90.8 Å². The number of aromatic nitrogens is 1. The fourth-order valence-corrected chi connectivity index (χ4v) is 1.44. The summed E-state index contributed by atoms with van der Waals surface area (Å²) < 4.78 is 29.0. The minimum atomic E-state index is -2.50. The van der Waals surface area contributed by atoms with Gasteiger partial charge in [0.15, 0.2) is 0 Å². The molecule has 0 fully saturated rings. The van der Waals surface area contributed by atoms with Crippen LogP contribution < -0.4 is 10.5 Å². The van der Waals surface area contributed by atoms with Crippen molar-refractivity contribution in [3.05, 3.63) is 30.5 Å². The Morgan fingerprint density at radius 3 is 2.88 bits per heavy atom. The third-order valence-corrected chi connectivity index (χ3v) is 2.13. The molecule has 0 aliphatic heterocycles. The van der Waals surface area contributed by atoms with Gasteiger partial charge in [0.05, 0.1) is 0 Å². The number of nitrogen functional groups attached to an aromatic ring is 1. The van der Waals surface area contributed by atoms with Crippen molar-refractivity contribution in [3.8, 4) is 5.75 Å². The largest absolute Gasteiger partial charge is 0.485 e. The van der Waals surface area contributed by atoms with E-state index >= 15 is 0 Å². The highest BCUT2D eigenvalue weighted by molar-refractivity contribution is 5.94. The Kier molecular flexibility index (Phi) is 2.85. The van der Waals surface area contributed by atoms with Crippen LogP contribution in [0.5, 0.6) is 5.75 Å². The van der Waals surface area contributed by atoms with E-state index in [9.17, 15) is 8.78 Å². The van der Waals surface area contributed by atoms with Gasteiger partial charge in [-0.15, -0.1) is 0 Å². The molecule has 0 aliphatic carbocycles. The van der Waals surface area contributed by atoms with E-state index in [0.717, 1.165) is 0 Å². The van der Waals surface area contributed by atoms with Crippen molar-refractivity contribution in [2.45, 2.75) is 6.43 Å². The summed E-state index contributed by atoms with van der Waals surface area (Å²) in [6.07, 6.45) is -0.937. The quantitative estimate of drug-likeness (QED) is 0.814. The van der Waals surface area contributed by atoms with Crippen molar-refractivity contribution in [2.24, 2.45) is 0 Å². The third-order valence-electron chi connectivity index (χ3n) is 2.13. The van der Waals surface area contributed by atoms with Crippen molar-refractivity contribution < 1.29 is 13.5 Å². The van der Waals surface area contributed by atoms with Crippen LogP contribution in [-0.2, 0) is 0 Å². The molecule has 0 spiro atoms. The van der Waals surface area contributed by atoms with Crippen molar-refractivity contribution >= 4 is 16.6 Å². The standard InChI is InChI=1S/C11H10F2N2O/c12-10(13)6-16-9-4-3-8(14)7-2-1-5-15-11(7)9/h1-5,10H,6,14H2. The molecule has 0 bridgehead atoms. The number of halogens is 2. The first kappa shape index (κ1) is 10.6. The molecule has 3 nitrogen and oxygen atoms in total. The van der Waals surface area contributed by atoms with Crippen LogP contribution in [0.1, 0.15) is 0 Å². The van der Waals surface area contributed by atoms with Crippen LogP contribution in [0.4, 0.5) is 14.5 Å². The number of rotatable bonds is 3. The van der Waals surface area contributed by atoms with Gasteiger partial charge in [-0.1, -0.05) is 0 Å². The van der Waals surface area contributed by atoms with E-state index in [4.69, 9.17) is 10.5 Å². The van der Waals surface area contributed by atoms with Crippen LogP contribution in [0.2, 0.25) is 0 Å². The van der Waals surface area contributed by atoms with Gasteiger partial charge in [0.25, 0.3) is 6.43 Å². The van der Waals surface area contributed by atoms with Crippen LogP contribution in [0.25, 0.3) is 10.9 Å². The van der Waals surface area contributed by atoms with Crippen molar-refractivity contribution in [1.82, 2.24) is 4.98 Å². The van der Waals surface area contributed by atoms with E-state index in [1.165, 1.54) is 0 Å². The van der Waals surface area contributed by atoms with E-state index in [0.29, 0.717) is 22.3 Å². The first-order valence-corrected chi connectivity index (χ1v) is 4.72. The highest BCUT2D eigenvalue weighted by Crippen LogP contribution is 2.28. The molecule has 0 aliphatic rings. The molecule has 84 valence electrons. The average Bonchev–Trinajstić information content (AvgIpc) is 2.28. The molecule has 1 aromatic carbocycles. The number of hydrogen-bond donors (Lipinski definition) is 1. The van der Waals surface area contributed by atoms with Gasteiger partial charge >= 0.3 is 0 Å². The second kappa shape index (κ2) is 4.30. The molecule has 2 rings (SSSR count). The van der Waals surface area contributed by atoms with Gasteiger partial charge in [-0.3, -0.25) is 4.98 Å². The average molecular weight is 224 g/mol. The first-order valence-electron chi connectivity index (χ1n) is 4.72. The van der Waals surface area contributed by atoms with Gasteiger partial charge in [-0.2, -0.15) is 0 Å². The number of fused-ring (bicyclic) bond motifs is 1. The molecule has 5 heteroatoms. The number of pyridine rings is 1. The van der Waals surface area contributed by atoms with Gasteiger partial charge < -0.3 is 10.5 Å². The Hall–Kier alpha value is -1.91. The molecule has 0 radical (unpaired) electrons. The van der Waals surface area contributed by atoms with Crippen LogP contribution in [0.15, 0.2) is 30.5 Å². The fourth-order valence-electron chi connectivity index (χ4n) is 1.44. The highest BCUT2D eigenvalue weighted by atomic mass is 19.3. The van der Waals surface area contributed by atoms with Gasteiger partial charge in [0.2, 0.25) is 0 Å². The maximum Gasteiger partial charge on any atom is 0.272 e. The van der Waals surface area contributed by atoms with E-state index in [2.05, 4.69) is 4.98 Å². The van der Waals surface area contributed by atoms with Gasteiger partial charge in [0, 0.05) is 17.3 Å². The lowest BCUT2D eigenvalue weighted by atomic mass is 10.2. The molecule has 2 N–H and O–H groups in total. The molecule has 0 unspecified atom stereocenters. The number of nitrogens with two attached hydrogens (primary N) is 1. The maximum atomic E-state index is 12.0. The van der Waals surface area contributed by atoms with Gasteiger partial charge in [-0.05, 0) is 24.3 Å². The number of ether oxygens (including phenoxy) is 1. The summed E-state index contributed by atoms with van der Waals surface area (Å²) in [7, 11) is 0. The number of alkyl halides is 2. The Morgan fingerprint density at radius 1 is 1.31 bits per heavy atom. The summed E-state index contributed by atoms with van der Waals surface area (Å²) in [4.78, 5) is 4.07. The highest BCUT2D eigenvalue weighted by Gasteiger charge is 2.08. The summed E-state index contributed by atoms with van der Waals surface area (Å²) in [6.45, 7) is -0.643. The topological polar surface area (TPSA) is 48.1 Å². The zero-order chi connectivity index (χ0) is 11.5. The maximum absolute atomic E-state index is 12.0. The molecular formula is C11H10F2N2O. The predicted molar refractivity (Wildman–Crippen MR) is 57.7 cm³/mol. The fraction of sp³-hybridized carbons (Fsp3) is 0.182. The molecular weight excluding hydrogens is 214 g/mol. The minimum Gasteiger partial charge on any atom is -0.485 e. The molecule has 0 amide bonds. The lowest BCUT2D eigenvalue weighted by Gasteiger charge is -2.09. The normalized spacial score (nSPS) is 10.9. The summed E-state index contributed by atoms with van der Waals surface area (Å²) in [5.41, 5.74) is 6.79. The molecule has 0 saturated heterocycles. The lowest BCUT2D eigenvalue weighted by molar-refractivity contribution is 0.0826. The Balaban J connectivity index is 2.42. The number of anilines is 1. The Bertz CT molecular complexity index is 502. The summed E-state index contributed by atoms with van der Waals surface area (Å²) >= 11 is 0. The monoisotopic (exact) mass is 224 g/mol. The molecule has 0 saturated carbocycles. The number of benzene rings is 1. The summed E-state index contributed by atoms with van der Waals surface area (Å²) in [5.74, 6) is 0.324. The first-order chi connectivity index (χ1) is 7.68. The van der Waals surface area contributed by atoms with E-state index in [1.54, 1.807) is 30.5 Å². The van der Waals surface area contributed by atoms with E-state index < -0.39 is 13.0 Å². The number of hydrogen-bond acceptors (Lipinski definition) is 3. The van der Waals surface area contributed by atoms with E-state index in [-0.39, 0.29) is 0 Å². The van der Waals surface area contributed by atoms with Gasteiger partial charge in [0.1, 0.15) is 17.9 Å². The predicted octanol–water partition coefficient (Wildman–Crippen LogP) is 2.46. The number of nitrogens with zero attached hydrogens (tertiary/aromatic N) is 1. The smallest absolute Gasteiger partial charge is 0.272 e. The van der Waals surface area contributed by atoms with Crippen LogP contribution in [0.3, 0.4) is 0 Å². The van der Waals surface area contributed by atoms with E-state index in [1.807, 2.05) is 0 Å². The molecule has 1 heterocycles. The van der Waals surface area contributed by atoms with Crippen molar-refractivity contribution in [2.75, 3.05) is 12.3 Å². The molecule has 2 aromatic rings. The van der Waals surface area contributed by atoms with Crippen molar-refractivity contribution in [1.29, 1.82) is 0 Å². The van der Waals surface area contributed by atoms with Crippen LogP contribution in [0, 0.1) is 0 Å². The second-order valence-corrected chi connectivity index (χ2v) is 3.25. The third kappa shape index (κ3) is 2.03. The Morgan fingerprint density at radius 2 is 2.12 bits per heavy atom.